The van der Waals surface area contributed by atoms with Gasteiger partial charge in [0, 0.05) is 0 Å². The van der Waals surface area contributed by atoms with Gasteiger partial charge in [0.2, 0.25) is 0 Å². The first kappa shape index (κ1) is 14.8. The molecule has 0 aliphatic heterocycles. The Balaban J connectivity index is 2.49. The maximum Gasteiger partial charge on any atom is 0.119 e. The zero-order valence-corrected chi connectivity index (χ0v) is 11.5. The molecule has 0 saturated heterocycles. The van der Waals surface area contributed by atoms with Gasteiger partial charge in [-0.3, -0.25) is 0 Å². The summed E-state index contributed by atoms with van der Waals surface area (Å²) >= 11 is 0. The van der Waals surface area contributed by atoms with Crippen molar-refractivity contribution in [3.8, 4) is 5.75 Å². The van der Waals surface area contributed by atoms with Crippen LogP contribution in [-0.2, 0) is 0 Å². The van der Waals surface area contributed by atoms with Crippen molar-refractivity contribution >= 4 is 6.08 Å². The Morgan fingerprint density at radius 3 is 2.44 bits per heavy atom. The number of hydrogen-bond acceptors (Lipinski definition) is 2. The highest BCUT2D eigenvalue weighted by atomic mass is 16.5. The third kappa shape index (κ3) is 5.37. The van der Waals surface area contributed by atoms with Crippen LogP contribution in [0.4, 0.5) is 0 Å². The summed E-state index contributed by atoms with van der Waals surface area (Å²) in [5.41, 5.74) is 2.16. The van der Waals surface area contributed by atoms with E-state index in [9.17, 15) is 0 Å². The fraction of sp³-hybridized carbons (Fsp3) is 0.500. The van der Waals surface area contributed by atoms with E-state index in [1.807, 2.05) is 37.3 Å². The minimum atomic E-state index is 0.131. The minimum absolute atomic E-state index is 0.131. The van der Waals surface area contributed by atoms with Crippen LogP contribution in [0.5, 0.6) is 5.75 Å². The van der Waals surface area contributed by atoms with Crippen LogP contribution in [0.1, 0.15) is 45.1 Å². The van der Waals surface area contributed by atoms with Crippen LogP contribution in [-0.4, -0.2) is 18.3 Å². The van der Waals surface area contributed by atoms with E-state index in [1.54, 1.807) is 0 Å². The molecule has 1 aromatic rings. The second kappa shape index (κ2) is 8.76. The largest absolute Gasteiger partial charge is 0.494 e. The van der Waals surface area contributed by atoms with Crippen molar-refractivity contribution in [2.45, 2.75) is 39.5 Å². The SMILES string of the molecule is CCCCCOc1ccc(C=C(CC)CO)cc1. The molecule has 18 heavy (non-hydrogen) atoms. The predicted octanol–water partition coefficient (Wildman–Crippen LogP) is 4.04. The number of benzene rings is 1. The van der Waals surface area contributed by atoms with Gasteiger partial charge in [0.05, 0.1) is 13.2 Å². The monoisotopic (exact) mass is 248 g/mol. The fourth-order valence-corrected chi connectivity index (χ4v) is 1.70. The van der Waals surface area contributed by atoms with Gasteiger partial charge in [-0.25, -0.2) is 0 Å². The molecule has 2 heteroatoms. The van der Waals surface area contributed by atoms with Gasteiger partial charge < -0.3 is 9.84 Å². The van der Waals surface area contributed by atoms with Crippen LogP contribution >= 0.6 is 0 Å². The molecule has 0 aliphatic rings. The Morgan fingerprint density at radius 1 is 1.17 bits per heavy atom. The molecule has 1 rings (SSSR count). The summed E-state index contributed by atoms with van der Waals surface area (Å²) in [6.07, 6.45) is 6.46. The van der Waals surface area contributed by atoms with E-state index in [-0.39, 0.29) is 6.61 Å². The summed E-state index contributed by atoms with van der Waals surface area (Å²) in [7, 11) is 0. The molecule has 1 aromatic carbocycles. The van der Waals surface area contributed by atoms with Crippen LogP contribution in [0.15, 0.2) is 29.8 Å². The van der Waals surface area contributed by atoms with E-state index in [2.05, 4.69) is 6.92 Å². The summed E-state index contributed by atoms with van der Waals surface area (Å²) in [6.45, 7) is 5.16. The molecule has 0 atom stereocenters. The molecule has 1 N–H and O–H groups in total. The maximum absolute atomic E-state index is 9.12. The first-order valence-electron chi connectivity index (χ1n) is 6.83. The van der Waals surface area contributed by atoms with Gasteiger partial charge in [-0.15, -0.1) is 0 Å². The van der Waals surface area contributed by atoms with Crippen LogP contribution < -0.4 is 4.74 Å². The zero-order chi connectivity index (χ0) is 13.2. The number of unbranched alkanes of at least 4 members (excludes halogenated alkanes) is 2. The molecule has 0 amide bonds. The number of hydrogen-bond donors (Lipinski definition) is 1. The second-order valence-electron chi connectivity index (χ2n) is 4.44. The molecule has 0 radical (unpaired) electrons. The minimum Gasteiger partial charge on any atom is -0.494 e. The third-order valence-electron chi connectivity index (χ3n) is 2.92. The molecular weight excluding hydrogens is 224 g/mol. The molecule has 0 unspecified atom stereocenters. The van der Waals surface area contributed by atoms with E-state index in [0.29, 0.717) is 0 Å². The van der Waals surface area contributed by atoms with Gasteiger partial charge in [0.15, 0.2) is 0 Å². The summed E-state index contributed by atoms with van der Waals surface area (Å²) < 4.78 is 5.65. The summed E-state index contributed by atoms with van der Waals surface area (Å²) in [5, 5.41) is 9.12. The van der Waals surface area contributed by atoms with Crippen LogP contribution in [0.3, 0.4) is 0 Å². The zero-order valence-electron chi connectivity index (χ0n) is 11.5. The molecule has 0 aliphatic carbocycles. The topological polar surface area (TPSA) is 29.5 Å². The molecule has 0 saturated carbocycles. The van der Waals surface area contributed by atoms with Crippen molar-refractivity contribution in [2.24, 2.45) is 0 Å². The molecule has 0 spiro atoms. The second-order valence-corrected chi connectivity index (χ2v) is 4.44. The van der Waals surface area contributed by atoms with Crippen molar-refractivity contribution in [3.63, 3.8) is 0 Å². The average Bonchev–Trinajstić information content (AvgIpc) is 2.42. The lowest BCUT2D eigenvalue weighted by Gasteiger charge is -2.06. The van der Waals surface area contributed by atoms with Crippen molar-refractivity contribution in [1.82, 2.24) is 0 Å². The standard InChI is InChI=1S/C16H24O2/c1-3-5-6-11-18-16-9-7-15(8-10-16)12-14(4-2)13-17/h7-10,12,17H,3-6,11,13H2,1-2H3. The predicted molar refractivity (Wildman–Crippen MR) is 76.8 cm³/mol. The lowest BCUT2D eigenvalue weighted by Crippen LogP contribution is -1.96. The van der Waals surface area contributed by atoms with Crippen LogP contribution in [0.25, 0.3) is 6.08 Å². The number of aliphatic hydroxyl groups is 1. The Labute approximate surface area is 110 Å². The Kier molecular flexibility index (Phi) is 7.19. The Morgan fingerprint density at radius 2 is 1.89 bits per heavy atom. The molecular formula is C16H24O2. The van der Waals surface area contributed by atoms with Crippen molar-refractivity contribution in [3.05, 3.63) is 35.4 Å². The number of rotatable bonds is 8. The highest BCUT2D eigenvalue weighted by molar-refractivity contribution is 5.54. The average molecular weight is 248 g/mol. The van der Waals surface area contributed by atoms with E-state index in [4.69, 9.17) is 9.84 Å². The van der Waals surface area contributed by atoms with Gasteiger partial charge in [0.1, 0.15) is 5.75 Å². The summed E-state index contributed by atoms with van der Waals surface area (Å²) in [4.78, 5) is 0. The molecule has 0 fully saturated rings. The van der Waals surface area contributed by atoms with E-state index >= 15 is 0 Å². The van der Waals surface area contributed by atoms with Gasteiger partial charge >= 0.3 is 0 Å². The van der Waals surface area contributed by atoms with Crippen molar-refractivity contribution in [2.75, 3.05) is 13.2 Å². The van der Waals surface area contributed by atoms with Gasteiger partial charge in [-0.1, -0.05) is 44.9 Å². The molecule has 2 nitrogen and oxygen atoms in total. The highest BCUT2D eigenvalue weighted by Crippen LogP contribution is 2.15. The molecule has 100 valence electrons. The lowest BCUT2D eigenvalue weighted by molar-refractivity contribution is 0.306. The van der Waals surface area contributed by atoms with Crippen LogP contribution in [0, 0.1) is 0 Å². The number of aliphatic hydroxyl groups excluding tert-OH is 1. The normalized spacial score (nSPS) is 11.6. The lowest BCUT2D eigenvalue weighted by atomic mass is 10.1. The maximum atomic E-state index is 9.12. The van der Waals surface area contributed by atoms with Gasteiger partial charge in [-0.05, 0) is 36.1 Å². The van der Waals surface area contributed by atoms with Gasteiger partial charge in [0.25, 0.3) is 0 Å². The summed E-state index contributed by atoms with van der Waals surface area (Å²) in [5.74, 6) is 0.922. The molecule has 0 bridgehead atoms. The smallest absolute Gasteiger partial charge is 0.119 e. The third-order valence-corrected chi connectivity index (χ3v) is 2.92. The quantitative estimate of drug-likeness (QED) is 0.703. The molecule has 0 aromatic heterocycles. The first-order valence-corrected chi connectivity index (χ1v) is 6.83. The Hall–Kier alpha value is -1.28. The van der Waals surface area contributed by atoms with E-state index in [0.717, 1.165) is 36.3 Å². The molecule has 0 heterocycles. The summed E-state index contributed by atoms with van der Waals surface area (Å²) in [6, 6.07) is 8.03. The van der Waals surface area contributed by atoms with Gasteiger partial charge in [-0.2, -0.15) is 0 Å². The number of ether oxygens (including phenoxy) is 1. The first-order chi connectivity index (χ1) is 8.80. The van der Waals surface area contributed by atoms with Crippen LogP contribution in [0.2, 0.25) is 0 Å². The van der Waals surface area contributed by atoms with E-state index in [1.165, 1.54) is 12.8 Å². The Bertz CT molecular complexity index is 346. The van der Waals surface area contributed by atoms with Crippen molar-refractivity contribution < 1.29 is 9.84 Å². The van der Waals surface area contributed by atoms with Crippen molar-refractivity contribution in [1.29, 1.82) is 0 Å². The fourth-order valence-electron chi connectivity index (χ4n) is 1.70. The van der Waals surface area contributed by atoms with E-state index < -0.39 is 0 Å². The highest BCUT2D eigenvalue weighted by Gasteiger charge is 1.96.